The van der Waals surface area contributed by atoms with Crippen LogP contribution in [0.5, 0.6) is 0 Å². The number of nitrogen functional groups attached to an aromatic ring is 1. The molecule has 2 N–H and O–H groups in total. The number of thioether (sulfide) groups is 1. The number of nitrogens with two attached hydrogens (primary N) is 1. The predicted octanol–water partition coefficient (Wildman–Crippen LogP) is 2.31. The number of anilines is 1. The molecule has 0 radical (unpaired) electrons. The van der Waals surface area contributed by atoms with E-state index in [4.69, 9.17) is 10.5 Å². The summed E-state index contributed by atoms with van der Waals surface area (Å²) in [7, 11) is 1.37. The lowest BCUT2D eigenvalue weighted by molar-refractivity contribution is 0.0601. The molecule has 0 saturated carbocycles. The van der Waals surface area contributed by atoms with Crippen molar-refractivity contribution < 1.29 is 9.53 Å². The number of carbonyl (C=O) groups excluding carboxylic acids is 1. The Bertz CT molecular complexity index is 352. The first kappa shape index (κ1) is 11.9. The smallest absolute Gasteiger partial charge is 0.340 e. The fourth-order valence-corrected chi connectivity index (χ4v) is 1.97. The summed E-state index contributed by atoms with van der Waals surface area (Å²) in [5, 5.41) is 0. The standard InChI is InChI=1S/C11H15NO2S/c1-3-15-7-8-5-4-6-9(12)10(8)11(13)14-2/h4-6H,3,7,12H2,1-2H3. The van der Waals surface area contributed by atoms with Crippen LogP contribution in [-0.4, -0.2) is 18.8 Å². The average Bonchev–Trinajstić information content (AvgIpc) is 2.25. The number of hydrogen-bond donors (Lipinski definition) is 1. The lowest BCUT2D eigenvalue weighted by Gasteiger charge is -2.09. The highest BCUT2D eigenvalue weighted by atomic mass is 32.2. The molecule has 1 rings (SSSR count). The van der Waals surface area contributed by atoms with Crippen molar-refractivity contribution in [3.63, 3.8) is 0 Å². The van der Waals surface area contributed by atoms with E-state index in [-0.39, 0.29) is 5.97 Å². The van der Waals surface area contributed by atoms with E-state index in [1.54, 1.807) is 17.8 Å². The second-order valence-electron chi connectivity index (χ2n) is 3.01. The summed E-state index contributed by atoms with van der Waals surface area (Å²) >= 11 is 1.75. The normalized spacial score (nSPS) is 10.0. The second kappa shape index (κ2) is 5.66. The minimum Gasteiger partial charge on any atom is -0.465 e. The molecule has 0 heterocycles. The van der Waals surface area contributed by atoms with Crippen LogP contribution in [0.1, 0.15) is 22.8 Å². The van der Waals surface area contributed by atoms with Crippen LogP contribution in [0.4, 0.5) is 5.69 Å². The molecule has 4 heteroatoms. The maximum absolute atomic E-state index is 11.5. The van der Waals surface area contributed by atoms with Gasteiger partial charge in [-0.15, -0.1) is 0 Å². The summed E-state index contributed by atoms with van der Waals surface area (Å²) in [6, 6.07) is 5.48. The quantitative estimate of drug-likeness (QED) is 0.631. The van der Waals surface area contributed by atoms with Gasteiger partial charge in [-0.05, 0) is 17.4 Å². The summed E-state index contributed by atoms with van der Waals surface area (Å²) in [4.78, 5) is 11.5. The maximum Gasteiger partial charge on any atom is 0.340 e. The van der Waals surface area contributed by atoms with Crippen LogP contribution in [-0.2, 0) is 10.5 Å². The second-order valence-corrected chi connectivity index (χ2v) is 4.28. The summed E-state index contributed by atoms with van der Waals surface area (Å²) in [6.07, 6.45) is 0. The van der Waals surface area contributed by atoms with E-state index in [9.17, 15) is 4.79 Å². The van der Waals surface area contributed by atoms with Gasteiger partial charge in [-0.25, -0.2) is 4.79 Å². The van der Waals surface area contributed by atoms with Gasteiger partial charge >= 0.3 is 5.97 Å². The molecule has 1 aromatic carbocycles. The van der Waals surface area contributed by atoms with E-state index < -0.39 is 0 Å². The van der Waals surface area contributed by atoms with Crippen LogP contribution in [0, 0.1) is 0 Å². The van der Waals surface area contributed by atoms with Crippen LogP contribution >= 0.6 is 11.8 Å². The van der Waals surface area contributed by atoms with Crippen molar-refractivity contribution in [2.24, 2.45) is 0 Å². The Labute approximate surface area is 94.0 Å². The van der Waals surface area contributed by atoms with E-state index in [1.807, 2.05) is 12.1 Å². The highest BCUT2D eigenvalue weighted by Gasteiger charge is 2.14. The maximum atomic E-state index is 11.5. The van der Waals surface area contributed by atoms with Crippen molar-refractivity contribution in [2.75, 3.05) is 18.6 Å². The molecule has 0 unspecified atom stereocenters. The topological polar surface area (TPSA) is 52.3 Å². The van der Waals surface area contributed by atoms with Gasteiger partial charge in [-0.1, -0.05) is 19.1 Å². The SMILES string of the molecule is CCSCc1cccc(N)c1C(=O)OC. The monoisotopic (exact) mass is 225 g/mol. The first-order chi connectivity index (χ1) is 7.20. The van der Waals surface area contributed by atoms with E-state index >= 15 is 0 Å². The number of ether oxygens (including phenoxy) is 1. The number of hydrogen-bond acceptors (Lipinski definition) is 4. The lowest BCUT2D eigenvalue weighted by Crippen LogP contribution is -2.09. The van der Waals surface area contributed by atoms with Gasteiger partial charge in [0.15, 0.2) is 0 Å². The summed E-state index contributed by atoms with van der Waals surface area (Å²) < 4.78 is 4.71. The fraction of sp³-hybridized carbons (Fsp3) is 0.364. The van der Waals surface area contributed by atoms with Crippen molar-refractivity contribution in [3.05, 3.63) is 29.3 Å². The van der Waals surface area contributed by atoms with Gasteiger partial charge in [0.2, 0.25) is 0 Å². The third-order valence-electron chi connectivity index (χ3n) is 2.03. The number of methoxy groups -OCH3 is 1. The van der Waals surface area contributed by atoms with Gasteiger partial charge < -0.3 is 10.5 Å². The molecule has 82 valence electrons. The van der Waals surface area contributed by atoms with E-state index in [1.165, 1.54) is 7.11 Å². The zero-order valence-electron chi connectivity index (χ0n) is 8.95. The molecule has 0 aliphatic heterocycles. The number of esters is 1. The zero-order valence-corrected chi connectivity index (χ0v) is 9.76. The number of carbonyl (C=O) groups is 1. The number of rotatable bonds is 4. The highest BCUT2D eigenvalue weighted by molar-refractivity contribution is 7.98. The van der Waals surface area contributed by atoms with E-state index in [2.05, 4.69) is 6.92 Å². The van der Waals surface area contributed by atoms with Gasteiger partial charge in [0.05, 0.1) is 12.7 Å². The minimum absolute atomic E-state index is 0.361. The molecule has 0 aliphatic carbocycles. The molecule has 0 saturated heterocycles. The molecule has 0 amide bonds. The lowest BCUT2D eigenvalue weighted by atomic mass is 10.1. The molecule has 0 fully saturated rings. The van der Waals surface area contributed by atoms with Gasteiger partial charge in [0.25, 0.3) is 0 Å². The Kier molecular flexibility index (Phi) is 4.49. The average molecular weight is 225 g/mol. The van der Waals surface area contributed by atoms with Crippen LogP contribution in [0.25, 0.3) is 0 Å². The Balaban J connectivity index is 3.03. The molecular formula is C11H15NO2S. The van der Waals surface area contributed by atoms with E-state index in [0.717, 1.165) is 17.1 Å². The first-order valence-corrected chi connectivity index (χ1v) is 5.89. The molecule has 15 heavy (non-hydrogen) atoms. The van der Waals surface area contributed by atoms with Crippen LogP contribution in [0.2, 0.25) is 0 Å². The van der Waals surface area contributed by atoms with Gasteiger partial charge in [-0.3, -0.25) is 0 Å². The van der Waals surface area contributed by atoms with Crippen molar-refractivity contribution in [1.82, 2.24) is 0 Å². The van der Waals surface area contributed by atoms with Crippen LogP contribution < -0.4 is 5.73 Å². The summed E-state index contributed by atoms with van der Waals surface area (Å²) in [6.45, 7) is 2.08. The van der Waals surface area contributed by atoms with Crippen LogP contribution in [0.3, 0.4) is 0 Å². The zero-order chi connectivity index (χ0) is 11.3. The van der Waals surface area contributed by atoms with Gasteiger partial charge in [0.1, 0.15) is 0 Å². The molecule has 1 aromatic rings. The van der Waals surface area contributed by atoms with Crippen molar-refractivity contribution in [2.45, 2.75) is 12.7 Å². The molecule has 0 aromatic heterocycles. The number of benzene rings is 1. The van der Waals surface area contributed by atoms with Crippen molar-refractivity contribution in [1.29, 1.82) is 0 Å². The largest absolute Gasteiger partial charge is 0.465 e. The Morgan fingerprint density at radius 1 is 1.53 bits per heavy atom. The Morgan fingerprint density at radius 2 is 2.27 bits per heavy atom. The Hall–Kier alpha value is -1.16. The van der Waals surface area contributed by atoms with Gasteiger partial charge in [0, 0.05) is 11.4 Å². The molecule has 3 nitrogen and oxygen atoms in total. The molecule has 0 spiro atoms. The summed E-state index contributed by atoms with van der Waals surface area (Å²) in [5.41, 5.74) is 7.68. The van der Waals surface area contributed by atoms with Crippen molar-refractivity contribution in [3.8, 4) is 0 Å². The first-order valence-electron chi connectivity index (χ1n) is 4.74. The van der Waals surface area contributed by atoms with Crippen LogP contribution in [0.15, 0.2) is 18.2 Å². The molecule has 0 aliphatic rings. The fourth-order valence-electron chi connectivity index (χ4n) is 1.30. The highest BCUT2D eigenvalue weighted by Crippen LogP contribution is 2.22. The minimum atomic E-state index is -0.361. The molecular weight excluding hydrogens is 210 g/mol. The third-order valence-corrected chi connectivity index (χ3v) is 2.96. The molecule has 0 bridgehead atoms. The third kappa shape index (κ3) is 2.89. The summed E-state index contributed by atoms with van der Waals surface area (Å²) in [5.74, 6) is 1.43. The van der Waals surface area contributed by atoms with Gasteiger partial charge in [-0.2, -0.15) is 11.8 Å². The Morgan fingerprint density at radius 3 is 2.87 bits per heavy atom. The van der Waals surface area contributed by atoms with E-state index in [0.29, 0.717) is 11.3 Å². The predicted molar refractivity (Wildman–Crippen MR) is 64.0 cm³/mol. The molecule has 0 atom stereocenters. The van der Waals surface area contributed by atoms with Crippen molar-refractivity contribution >= 4 is 23.4 Å².